The van der Waals surface area contributed by atoms with Crippen molar-refractivity contribution in [2.45, 2.75) is 38.6 Å². The van der Waals surface area contributed by atoms with Crippen LogP contribution in [0.3, 0.4) is 0 Å². The van der Waals surface area contributed by atoms with Crippen LogP contribution in [0.5, 0.6) is 0 Å². The standard InChI is InChI=1S/C19H24ClN/c1-19(2,3)21-14-17(15-9-5-4-6-10-15)13-16-11-7-8-12-18(16)20/h4-12,17,21H,13-14H2,1-3H3. The normalized spacial score (nSPS) is 13.1. The van der Waals surface area contributed by atoms with Gasteiger partial charge in [0.1, 0.15) is 0 Å². The lowest BCUT2D eigenvalue weighted by Gasteiger charge is -2.26. The lowest BCUT2D eigenvalue weighted by Crippen LogP contribution is -2.39. The van der Waals surface area contributed by atoms with E-state index in [1.54, 1.807) is 0 Å². The van der Waals surface area contributed by atoms with Gasteiger partial charge in [-0.15, -0.1) is 0 Å². The summed E-state index contributed by atoms with van der Waals surface area (Å²) in [4.78, 5) is 0. The van der Waals surface area contributed by atoms with Crippen molar-refractivity contribution in [2.24, 2.45) is 0 Å². The van der Waals surface area contributed by atoms with Crippen molar-refractivity contribution in [1.82, 2.24) is 5.32 Å². The van der Waals surface area contributed by atoms with Crippen LogP contribution in [-0.4, -0.2) is 12.1 Å². The highest BCUT2D eigenvalue weighted by atomic mass is 35.5. The third-order valence-electron chi connectivity index (χ3n) is 3.57. The topological polar surface area (TPSA) is 12.0 Å². The second-order valence-electron chi connectivity index (χ2n) is 6.53. The van der Waals surface area contributed by atoms with Crippen LogP contribution in [0.4, 0.5) is 0 Å². The van der Waals surface area contributed by atoms with E-state index in [-0.39, 0.29) is 5.54 Å². The first-order chi connectivity index (χ1) is 9.96. The van der Waals surface area contributed by atoms with E-state index in [0.717, 1.165) is 18.0 Å². The summed E-state index contributed by atoms with van der Waals surface area (Å²) in [7, 11) is 0. The Morgan fingerprint density at radius 3 is 2.19 bits per heavy atom. The van der Waals surface area contributed by atoms with Crippen LogP contribution in [0.2, 0.25) is 5.02 Å². The number of benzene rings is 2. The van der Waals surface area contributed by atoms with E-state index in [1.807, 2.05) is 12.1 Å². The maximum Gasteiger partial charge on any atom is 0.0438 e. The van der Waals surface area contributed by atoms with Crippen molar-refractivity contribution in [3.63, 3.8) is 0 Å². The zero-order chi connectivity index (χ0) is 15.3. The summed E-state index contributed by atoms with van der Waals surface area (Å²) < 4.78 is 0. The molecule has 1 N–H and O–H groups in total. The minimum absolute atomic E-state index is 0.119. The van der Waals surface area contributed by atoms with Crippen LogP contribution in [0, 0.1) is 0 Å². The second kappa shape index (κ2) is 7.11. The van der Waals surface area contributed by atoms with Crippen LogP contribution in [-0.2, 0) is 6.42 Å². The molecule has 0 saturated heterocycles. The predicted molar refractivity (Wildman–Crippen MR) is 92.1 cm³/mol. The molecule has 0 fully saturated rings. The largest absolute Gasteiger partial charge is 0.311 e. The van der Waals surface area contributed by atoms with Gasteiger partial charge < -0.3 is 5.32 Å². The summed E-state index contributed by atoms with van der Waals surface area (Å²) >= 11 is 6.33. The first-order valence-corrected chi connectivity index (χ1v) is 7.87. The summed E-state index contributed by atoms with van der Waals surface area (Å²) in [5.74, 6) is 0.422. The summed E-state index contributed by atoms with van der Waals surface area (Å²) in [5.41, 5.74) is 2.69. The molecule has 0 aliphatic rings. The fraction of sp³-hybridized carbons (Fsp3) is 0.368. The molecular formula is C19H24ClN. The van der Waals surface area contributed by atoms with Gasteiger partial charge in [0.2, 0.25) is 0 Å². The van der Waals surface area contributed by atoms with Gasteiger partial charge in [0, 0.05) is 23.0 Å². The van der Waals surface area contributed by atoms with Gasteiger partial charge in [0.15, 0.2) is 0 Å². The van der Waals surface area contributed by atoms with Crippen LogP contribution >= 0.6 is 11.6 Å². The Hall–Kier alpha value is -1.31. The first-order valence-electron chi connectivity index (χ1n) is 7.49. The Labute approximate surface area is 133 Å². The Morgan fingerprint density at radius 2 is 1.57 bits per heavy atom. The molecule has 0 aromatic heterocycles. The van der Waals surface area contributed by atoms with Crippen molar-refractivity contribution in [2.75, 3.05) is 6.54 Å². The Morgan fingerprint density at radius 1 is 0.952 bits per heavy atom. The van der Waals surface area contributed by atoms with Crippen molar-refractivity contribution >= 4 is 11.6 Å². The van der Waals surface area contributed by atoms with E-state index in [1.165, 1.54) is 11.1 Å². The van der Waals surface area contributed by atoms with Crippen molar-refractivity contribution in [3.05, 3.63) is 70.7 Å². The molecule has 0 spiro atoms. The van der Waals surface area contributed by atoms with Gasteiger partial charge in [-0.05, 0) is 44.4 Å². The summed E-state index contributed by atoms with van der Waals surface area (Å²) in [5, 5.41) is 4.47. The zero-order valence-corrected chi connectivity index (χ0v) is 13.8. The zero-order valence-electron chi connectivity index (χ0n) is 13.1. The molecule has 0 amide bonds. The number of hydrogen-bond acceptors (Lipinski definition) is 1. The maximum absolute atomic E-state index is 6.33. The number of nitrogens with one attached hydrogen (secondary N) is 1. The molecule has 112 valence electrons. The van der Waals surface area contributed by atoms with Crippen LogP contribution in [0.25, 0.3) is 0 Å². The van der Waals surface area contributed by atoms with Crippen LogP contribution < -0.4 is 5.32 Å². The highest BCUT2D eigenvalue weighted by Gasteiger charge is 2.17. The minimum Gasteiger partial charge on any atom is -0.311 e. The van der Waals surface area contributed by atoms with Gasteiger partial charge in [-0.2, -0.15) is 0 Å². The van der Waals surface area contributed by atoms with Gasteiger partial charge in [0.25, 0.3) is 0 Å². The molecule has 2 aromatic rings. The molecule has 0 saturated carbocycles. The summed E-state index contributed by atoms with van der Waals surface area (Å²) in [6.45, 7) is 7.54. The number of halogens is 1. The molecule has 1 atom stereocenters. The molecular weight excluding hydrogens is 278 g/mol. The van der Waals surface area contributed by atoms with Crippen molar-refractivity contribution in [3.8, 4) is 0 Å². The van der Waals surface area contributed by atoms with Gasteiger partial charge in [-0.3, -0.25) is 0 Å². The Kier molecular flexibility index (Phi) is 5.44. The Balaban J connectivity index is 2.18. The average molecular weight is 302 g/mol. The maximum atomic E-state index is 6.33. The Bertz CT molecular complexity index is 557. The molecule has 0 aliphatic carbocycles. The minimum atomic E-state index is 0.119. The van der Waals surface area contributed by atoms with E-state index >= 15 is 0 Å². The van der Waals surface area contributed by atoms with Gasteiger partial charge in [-0.25, -0.2) is 0 Å². The smallest absolute Gasteiger partial charge is 0.0438 e. The third kappa shape index (κ3) is 5.18. The quantitative estimate of drug-likeness (QED) is 0.814. The number of rotatable bonds is 5. The molecule has 0 aliphatic heterocycles. The van der Waals surface area contributed by atoms with Crippen LogP contribution in [0.15, 0.2) is 54.6 Å². The predicted octanol–water partition coefficient (Wildman–Crippen LogP) is 5.05. The second-order valence-corrected chi connectivity index (χ2v) is 6.94. The SMILES string of the molecule is CC(C)(C)NCC(Cc1ccccc1Cl)c1ccccc1. The molecule has 2 aromatic carbocycles. The van der Waals surface area contributed by atoms with Crippen molar-refractivity contribution < 1.29 is 0 Å². The van der Waals surface area contributed by atoms with E-state index in [4.69, 9.17) is 11.6 Å². The molecule has 0 bridgehead atoms. The van der Waals surface area contributed by atoms with E-state index in [9.17, 15) is 0 Å². The average Bonchev–Trinajstić information content (AvgIpc) is 2.45. The van der Waals surface area contributed by atoms with Gasteiger partial charge in [0.05, 0.1) is 0 Å². The lowest BCUT2D eigenvalue weighted by molar-refractivity contribution is 0.405. The van der Waals surface area contributed by atoms with E-state index in [2.05, 4.69) is 68.6 Å². The fourth-order valence-electron chi connectivity index (χ4n) is 2.39. The van der Waals surface area contributed by atoms with E-state index < -0.39 is 0 Å². The fourth-order valence-corrected chi connectivity index (χ4v) is 2.60. The van der Waals surface area contributed by atoms with Gasteiger partial charge in [-0.1, -0.05) is 60.1 Å². The highest BCUT2D eigenvalue weighted by molar-refractivity contribution is 6.31. The summed E-state index contributed by atoms with van der Waals surface area (Å²) in [6.07, 6.45) is 0.951. The highest BCUT2D eigenvalue weighted by Crippen LogP contribution is 2.25. The van der Waals surface area contributed by atoms with Gasteiger partial charge >= 0.3 is 0 Å². The molecule has 1 nitrogen and oxygen atoms in total. The molecule has 0 radical (unpaired) electrons. The molecule has 1 unspecified atom stereocenters. The summed E-state index contributed by atoms with van der Waals surface area (Å²) in [6, 6.07) is 18.8. The van der Waals surface area contributed by atoms with E-state index in [0.29, 0.717) is 5.92 Å². The first kappa shape index (κ1) is 16.1. The molecule has 21 heavy (non-hydrogen) atoms. The lowest BCUT2D eigenvalue weighted by atomic mass is 9.91. The van der Waals surface area contributed by atoms with Crippen LogP contribution in [0.1, 0.15) is 37.8 Å². The third-order valence-corrected chi connectivity index (χ3v) is 3.94. The molecule has 0 heterocycles. The molecule has 2 rings (SSSR count). The number of hydrogen-bond donors (Lipinski definition) is 1. The van der Waals surface area contributed by atoms with Crippen molar-refractivity contribution in [1.29, 1.82) is 0 Å². The monoisotopic (exact) mass is 301 g/mol. The molecule has 2 heteroatoms.